The van der Waals surface area contributed by atoms with Crippen LogP contribution in [0.15, 0.2) is 54.6 Å². The Bertz CT molecular complexity index is 1230. The molecule has 3 aromatic carbocycles. The fourth-order valence-electron chi connectivity index (χ4n) is 3.72. The van der Waals surface area contributed by atoms with Crippen LogP contribution in [0.2, 0.25) is 0 Å². The predicted octanol–water partition coefficient (Wildman–Crippen LogP) is 5.37. The molecule has 0 fully saturated rings. The number of fused-ring (bicyclic) bond motifs is 2. The van der Waals surface area contributed by atoms with Gasteiger partial charge in [0.2, 0.25) is 0 Å². The lowest BCUT2D eigenvalue weighted by Gasteiger charge is -2.22. The van der Waals surface area contributed by atoms with Gasteiger partial charge in [0.15, 0.2) is 5.13 Å². The molecule has 1 heterocycles. The number of methoxy groups -OCH3 is 1. The number of amides is 1. The second kappa shape index (κ2) is 9.04. The molecule has 0 aliphatic carbocycles. The Morgan fingerprint density at radius 3 is 2.45 bits per heavy atom. The van der Waals surface area contributed by atoms with Gasteiger partial charge in [0.05, 0.1) is 22.9 Å². The summed E-state index contributed by atoms with van der Waals surface area (Å²) < 4.78 is 6.70. The van der Waals surface area contributed by atoms with E-state index in [1.807, 2.05) is 56.6 Å². The van der Waals surface area contributed by atoms with Gasteiger partial charge >= 0.3 is 0 Å². The molecule has 0 aliphatic heterocycles. The first-order valence-electron chi connectivity index (χ1n) is 10.4. The monoisotopic (exact) mass is 433 g/mol. The highest BCUT2D eigenvalue weighted by atomic mass is 32.1. The van der Waals surface area contributed by atoms with Crippen LogP contribution in [0.25, 0.3) is 21.0 Å². The van der Waals surface area contributed by atoms with Crippen molar-refractivity contribution in [1.29, 1.82) is 0 Å². The van der Waals surface area contributed by atoms with Gasteiger partial charge in [-0.15, -0.1) is 0 Å². The number of para-hydroxylation sites is 1. The summed E-state index contributed by atoms with van der Waals surface area (Å²) in [6.07, 6.45) is 0.851. The van der Waals surface area contributed by atoms with Gasteiger partial charge in [-0.05, 0) is 68.5 Å². The van der Waals surface area contributed by atoms with Crippen LogP contribution in [0.5, 0.6) is 5.75 Å². The largest absolute Gasteiger partial charge is 0.496 e. The van der Waals surface area contributed by atoms with E-state index in [0.29, 0.717) is 17.9 Å². The van der Waals surface area contributed by atoms with Crippen molar-refractivity contribution in [2.75, 3.05) is 39.2 Å². The molecule has 31 heavy (non-hydrogen) atoms. The molecule has 4 aromatic rings. The van der Waals surface area contributed by atoms with Crippen LogP contribution in [0.1, 0.15) is 22.3 Å². The summed E-state index contributed by atoms with van der Waals surface area (Å²) in [4.78, 5) is 22.6. The van der Waals surface area contributed by atoms with Gasteiger partial charge in [0.25, 0.3) is 5.91 Å². The van der Waals surface area contributed by atoms with Crippen molar-refractivity contribution in [3.05, 3.63) is 65.7 Å². The fourth-order valence-corrected chi connectivity index (χ4v) is 4.79. The molecule has 6 heteroatoms. The van der Waals surface area contributed by atoms with E-state index in [0.717, 1.165) is 44.6 Å². The average Bonchev–Trinajstić information content (AvgIpc) is 3.20. The maximum absolute atomic E-state index is 13.8. The molecule has 0 saturated carbocycles. The summed E-state index contributed by atoms with van der Waals surface area (Å²) in [5, 5.41) is 2.79. The van der Waals surface area contributed by atoms with Gasteiger partial charge in [0.1, 0.15) is 5.75 Å². The minimum absolute atomic E-state index is 0.0851. The number of aryl methyl sites for hydroxylation is 1. The summed E-state index contributed by atoms with van der Waals surface area (Å²) >= 11 is 1.56. The molecule has 0 radical (unpaired) electrons. The third-order valence-corrected chi connectivity index (χ3v) is 6.41. The lowest BCUT2D eigenvalue weighted by molar-refractivity contribution is 0.0983. The molecule has 5 nitrogen and oxygen atoms in total. The van der Waals surface area contributed by atoms with Crippen LogP contribution < -0.4 is 9.64 Å². The van der Waals surface area contributed by atoms with E-state index < -0.39 is 0 Å². The Kier molecular flexibility index (Phi) is 6.20. The number of carbonyl (C=O) groups excluding carboxylic acids is 1. The number of benzene rings is 3. The van der Waals surface area contributed by atoms with Gasteiger partial charge in [-0.3, -0.25) is 9.69 Å². The maximum Gasteiger partial charge on any atom is 0.263 e. The van der Waals surface area contributed by atoms with E-state index in [1.165, 1.54) is 0 Å². The van der Waals surface area contributed by atoms with Crippen LogP contribution in [0.3, 0.4) is 0 Å². The Morgan fingerprint density at radius 1 is 1.03 bits per heavy atom. The number of carbonyl (C=O) groups is 1. The van der Waals surface area contributed by atoms with Gasteiger partial charge in [-0.25, -0.2) is 4.98 Å². The van der Waals surface area contributed by atoms with Gasteiger partial charge < -0.3 is 9.64 Å². The Balaban J connectivity index is 1.78. The van der Waals surface area contributed by atoms with Crippen LogP contribution >= 0.6 is 11.3 Å². The van der Waals surface area contributed by atoms with Gasteiger partial charge in [-0.1, -0.05) is 47.7 Å². The number of thiazole rings is 1. The molecule has 0 aliphatic rings. The second-order valence-electron chi connectivity index (χ2n) is 7.93. The quantitative estimate of drug-likeness (QED) is 0.393. The predicted molar refractivity (Wildman–Crippen MR) is 130 cm³/mol. The smallest absolute Gasteiger partial charge is 0.263 e. The highest BCUT2D eigenvalue weighted by Gasteiger charge is 2.24. The van der Waals surface area contributed by atoms with Crippen LogP contribution in [-0.2, 0) is 0 Å². The minimum atomic E-state index is -0.0851. The number of hydrogen-bond donors (Lipinski definition) is 0. The van der Waals surface area contributed by atoms with E-state index in [1.54, 1.807) is 23.3 Å². The van der Waals surface area contributed by atoms with Crippen LogP contribution in [0.4, 0.5) is 5.13 Å². The molecule has 0 N–H and O–H groups in total. The summed E-state index contributed by atoms with van der Waals surface area (Å²) in [6.45, 7) is 3.53. The van der Waals surface area contributed by atoms with E-state index in [2.05, 4.69) is 24.0 Å². The number of anilines is 1. The van der Waals surface area contributed by atoms with E-state index in [-0.39, 0.29) is 5.91 Å². The van der Waals surface area contributed by atoms with Crippen molar-refractivity contribution in [2.45, 2.75) is 13.3 Å². The third-order valence-electron chi connectivity index (χ3n) is 5.37. The Labute approximate surface area is 186 Å². The fraction of sp³-hybridized carbons (Fsp3) is 0.280. The molecule has 0 spiro atoms. The molecule has 0 saturated heterocycles. The van der Waals surface area contributed by atoms with Crippen molar-refractivity contribution < 1.29 is 9.53 Å². The van der Waals surface area contributed by atoms with Crippen molar-refractivity contribution in [1.82, 2.24) is 9.88 Å². The SMILES string of the molecule is COc1cc2ccccc2cc1C(=O)N(CCCN(C)C)c1nc2c(C)cccc2s1. The summed E-state index contributed by atoms with van der Waals surface area (Å²) in [5.41, 5.74) is 2.63. The Morgan fingerprint density at radius 2 is 1.77 bits per heavy atom. The zero-order valence-electron chi connectivity index (χ0n) is 18.4. The summed E-state index contributed by atoms with van der Waals surface area (Å²) in [6, 6.07) is 18.0. The lowest BCUT2D eigenvalue weighted by Crippen LogP contribution is -2.33. The summed E-state index contributed by atoms with van der Waals surface area (Å²) in [7, 11) is 5.69. The molecule has 0 unspecified atom stereocenters. The molecule has 0 bridgehead atoms. The van der Waals surface area contributed by atoms with Crippen molar-refractivity contribution in [3.8, 4) is 5.75 Å². The van der Waals surface area contributed by atoms with Crippen LogP contribution in [0, 0.1) is 6.92 Å². The normalized spacial score (nSPS) is 11.4. The van der Waals surface area contributed by atoms with E-state index in [9.17, 15) is 4.79 Å². The summed E-state index contributed by atoms with van der Waals surface area (Å²) in [5.74, 6) is 0.497. The lowest BCUT2D eigenvalue weighted by atomic mass is 10.0. The second-order valence-corrected chi connectivity index (χ2v) is 8.94. The average molecular weight is 434 g/mol. The van der Waals surface area contributed by atoms with Gasteiger partial charge in [0, 0.05) is 6.54 Å². The maximum atomic E-state index is 13.8. The topological polar surface area (TPSA) is 45.7 Å². The first-order chi connectivity index (χ1) is 15.0. The van der Waals surface area contributed by atoms with Crippen molar-refractivity contribution in [3.63, 3.8) is 0 Å². The number of aromatic nitrogens is 1. The zero-order valence-corrected chi connectivity index (χ0v) is 19.2. The molecule has 1 amide bonds. The molecular weight excluding hydrogens is 406 g/mol. The molecular formula is C25H27N3O2S. The number of rotatable bonds is 7. The highest BCUT2D eigenvalue weighted by Crippen LogP contribution is 2.33. The van der Waals surface area contributed by atoms with Crippen molar-refractivity contribution >= 4 is 43.4 Å². The molecule has 160 valence electrons. The van der Waals surface area contributed by atoms with Crippen LogP contribution in [-0.4, -0.2) is 50.1 Å². The molecule has 1 aromatic heterocycles. The minimum Gasteiger partial charge on any atom is -0.496 e. The number of ether oxygens (including phenoxy) is 1. The van der Waals surface area contributed by atoms with Gasteiger partial charge in [-0.2, -0.15) is 0 Å². The molecule has 0 atom stereocenters. The zero-order chi connectivity index (χ0) is 22.0. The van der Waals surface area contributed by atoms with Crippen molar-refractivity contribution in [2.24, 2.45) is 0 Å². The molecule has 4 rings (SSSR count). The standard InChI is InChI=1S/C25H27N3O2S/c1-17-9-7-12-22-23(17)26-25(31-22)28(14-8-13-27(2)3)24(29)20-15-18-10-5-6-11-19(18)16-21(20)30-4/h5-7,9-12,15-16H,8,13-14H2,1-4H3. The Hall–Kier alpha value is -2.96. The van der Waals surface area contributed by atoms with E-state index in [4.69, 9.17) is 9.72 Å². The number of nitrogens with zero attached hydrogens (tertiary/aromatic N) is 3. The number of hydrogen-bond acceptors (Lipinski definition) is 5. The highest BCUT2D eigenvalue weighted by molar-refractivity contribution is 7.22. The van der Waals surface area contributed by atoms with E-state index >= 15 is 0 Å². The third kappa shape index (κ3) is 4.40. The first-order valence-corrected chi connectivity index (χ1v) is 11.2. The first kappa shape index (κ1) is 21.3.